The molecule has 0 aliphatic carbocycles. The number of rotatable bonds is 7. The van der Waals surface area contributed by atoms with Gasteiger partial charge in [-0.15, -0.1) is 0 Å². The van der Waals surface area contributed by atoms with Crippen LogP contribution in [-0.2, 0) is 16.0 Å². The predicted octanol–water partition coefficient (Wildman–Crippen LogP) is 3.83. The van der Waals surface area contributed by atoms with Crippen LogP contribution in [0.5, 0.6) is 11.5 Å². The molecule has 6 nitrogen and oxygen atoms in total. The summed E-state index contributed by atoms with van der Waals surface area (Å²) in [5.74, 6) is 3.27. The number of hydrogen-bond donors (Lipinski definition) is 1. The number of ether oxygens (including phenoxy) is 3. The van der Waals surface area contributed by atoms with Crippen LogP contribution >= 0.6 is 0 Å². The van der Waals surface area contributed by atoms with Crippen molar-refractivity contribution in [3.8, 4) is 11.5 Å². The summed E-state index contributed by atoms with van der Waals surface area (Å²) in [6.07, 6.45) is 5.03. The van der Waals surface area contributed by atoms with Gasteiger partial charge in [0.05, 0.1) is 26.7 Å². The van der Waals surface area contributed by atoms with E-state index < -0.39 is 0 Å². The van der Waals surface area contributed by atoms with E-state index >= 15 is 0 Å². The van der Waals surface area contributed by atoms with E-state index in [1.165, 1.54) is 17.5 Å². The third-order valence-electron chi connectivity index (χ3n) is 7.66. The van der Waals surface area contributed by atoms with Crippen LogP contribution in [0.15, 0.2) is 12.1 Å². The Balaban J connectivity index is 1.51. The molecule has 0 saturated carbocycles. The van der Waals surface area contributed by atoms with Gasteiger partial charge in [-0.2, -0.15) is 0 Å². The quantitative estimate of drug-likeness (QED) is 0.645. The molecule has 0 aromatic heterocycles. The van der Waals surface area contributed by atoms with Gasteiger partial charge >= 0.3 is 5.97 Å². The molecule has 1 N–H and O–H groups in total. The first-order chi connectivity index (χ1) is 15.5. The molecule has 3 atom stereocenters. The number of methoxy groups -OCH3 is 2. The molecular formula is C26H40N2O4. The van der Waals surface area contributed by atoms with Crippen LogP contribution in [0.25, 0.3) is 0 Å². The number of fused-ring (bicyclic) bond motifs is 3. The number of nitrogens with one attached hydrogen (secondary N) is 1. The van der Waals surface area contributed by atoms with Gasteiger partial charge < -0.3 is 19.5 Å². The van der Waals surface area contributed by atoms with E-state index in [0.717, 1.165) is 63.4 Å². The zero-order chi connectivity index (χ0) is 22.7. The molecule has 0 spiro atoms. The highest BCUT2D eigenvalue weighted by molar-refractivity contribution is 5.72. The fourth-order valence-corrected chi connectivity index (χ4v) is 5.95. The van der Waals surface area contributed by atoms with Gasteiger partial charge in [0.15, 0.2) is 11.5 Å². The standard InChI is InChI=1S/C26H40N2O4/c1-17(2)11-20-15-28-10-7-19-13-24(30-3)25(31-4)14-22(19)23(28)12-21(20)16-32-26(29)18-5-8-27-9-6-18/h13-14,17-18,20-21,23,27H,5-12,15-16H2,1-4H3/t20-,21+,23-/m1/s1. The fraction of sp³-hybridized carbons (Fsp3) is 0.731. The van der Waals surface area contributed by atoms with Gasteiger partial charge in [0.25, 0.3) is 0 Å². The van der Waals surface area contributed by atoms with Crippen molar-refractivity contribution in [1.82, 2.24) is 10.2 Å². The third kappa shape index (κ3) is 5.07. The summed E-state index contributed by atoms with van der Waals surface area (Å²) in [6, 6.07) is 4.67. The van der Waals surface area contributed by atoms with Gasteiger partial charge in [0.1, 0.15) is 0 Å². The van der Waals surface area contributed by atoms with Crippen molar-refractivity contribution in [3.05, 3.63) is 23.3 Å². The lowest BCUT2D eigenvalue weighted by molar-refractivity contribution is -0.152. The number of esters is 1. The lowest BCUT2D eigenvalue weighted by Gasteiger charge is -2.47. The first kappa shape index (κ1) is 23.4. The fourth-order valence-electron chi connectivity index (χ4n) is 5.95. The molecule has 3 heterocycles. The molecule has 3 aliphatic rings. The van der Waals surface area contributed by atoms with Gasteiger partial charge in [0.2, 0.25) is 0 Å². The smallest absolute Gasteiger partial charge is 0.309 e. The van der Waals surface area contributed by atoms with Gasteiger partial charge in [0, 0.05) is 19.1 Å². The van der Waals surface area contributed by atoms with E-state index in [-0.39, 0.29) is 11.9 Å². The molecule has 3 aliphatic heterocycles. The van der Waals surface area contributed by atoms with Crippen molar-refractivity contribution in [2.24, 2.45) is 23.7 Å². The van der Waals surface area contributed by atoms with Crippen molar-refractivity contribution >= 4 is 5.97 Å². The number of carbonyl (C=O) groups excluding carboxylic acids is 1. The largest absolute Gasteiger partial charge is 0.493 e. The van der Waals surface area contributed by atoms with E-state index in [1.807, 2.05) is 0 Å². The maximum atomic E-state index is 12.7. The SMILES string of the molecule is COc1cc2c(cc1OC)[C@H]1C[C@@H](COC(=O)C3CCNCC3)[C@H](CC(C)C)CN1CC2. The second kappa shape index (κ2) is 10.4. The molecule has 0 amide bonds. The highest BCUT2D eigenvalue weighted by atomic mass is 16.5. The van der Waals surface area contributed by atoms with E-state index in [4.69, 9.17) is 14.2 Å². The Labute approximate surface area is 193 Å². The first-order valence-electron chi connectivity index (χ1n) is 12.4. The topological polar surface area (TPSA) is 60.0 Å². The highest BCUT2D eigenvalue weighted by Crippen LogP contribution is 2.45. The van der Waals surface area contributed by atoms with Crippen molar-refractivity contribution in [2.75, 3.05) is 47.0 Å². The van der Waals surface area contributed by atoms with Crippen molar-refractivity contribution in [2.45, 2.75) is 52.0 Å². The van der Waals surface area contributed by atoms with Crippen LogP contribution in [0.1, 0.15) is 56.7 Å². The van der Waals surface area contributed by atoms with Gasteiger partial charge in [-0.1, -0.05) is 13.8 Å². The van der Waals surface area contributed by atoms with Gasteiger partial charge in [-0.25, -0.2) is 0 Å². The lowest BCUT2D eigenvalue weighted by Crippen LogP contribution is -2.47. The lowest BCUT2D eigenvalue weighted by atomic mass is 9.74. The van der Waals surface area contributed by atoms with E-state index in [2.05, 4.69) is 36.2 Å². The van der Waals surface area contributed by atoms with Gasteiger partial charge in [-0.05, 0) is 86.2 Å². The summed E-state index contributed by atoms with van der Waals surface area (Å²) in [6.45, 7) is 9.12. The van der Waals surface area contributed by atoms with Crippen LogP contribution in [0.2, 0.25) is 0 Å². The normalized spacial score (nSPS) is 26.3. The van der Waals surface area contributed by atoms with Crippen LogP contribution in [-0.4, -0.2) is 57.9 Å². The van der Waals surface area contributed by atoms with Crippen molar-refractivity contribution in [3.63, 3.8) is 0 Å². The maximum absolute atomic E-state index is 12.7. The number of benzene rings is 1. The van der Waals surface area contributed by atoms with E-state index in [1.54, 1.807) is 14.2 Å². The molecule has 0 unspecified atom stereocenters. The van der Waals surface area contributed by atoms with E-state index in [9.17, 15) is 4.79 Å². The number of nitrogens with zero attached hydrogens (tertiary/aromatic N) is 1. The summed E-state index contributed by atoms with van der Waals surface area (Å²) in [7, 11) is 3.40. The summed E-state index contributed by atoms with van der Waals surface area (Å²) in [5.41, 5.74) is 2.71. The average Bonchev–Trinajstić information content (AvgIpc) is 2.81. The molecule has 0 radical (unpaired) electrons. The number of carbonyl (C=O) groups is 1. The van der Waals surface area contributed by atoms with Crippen molar-refractivity contribution in [1.29, 1.82) is 0 Å². The minimum absolute atomic E-state index is 0.00711. The Hall–Kier alpha value is -1.79. The van der Waals surface area contributed by atoms with Crippen LogP contribution in [0.4, 0.5) is 0 Å². The maximum Gasteiger partial charge on any atom is 0.309 e. The molecule has 6 heteroatoms. The monoisotopic (exact) mass is 444 g/mol. The Morgan fingerprint density at radius 3 is 2.53 bits per heavy atom. The molecule has 4 rings (SSSR count). The molecule has 2 saturated heterocycles. The summed E-state index contributed by atoms with van der Waals surface area (Å²) in [4.78, 5) is 15.4. The molecule has 1 aromatic rings. The molecule has 1 aromatic carbocycles. The zero-order valence-corrected chi connectivity index (χ0v) is 20.2. The second-order valence-electron chi connectivity index (χ2n) is 10.2. The van der Waals surface area contributed by atoms with Crippen LogP contribution in [0.3, 0.4) is 0 Å². The predicted molar refractivity (Wildman–Crippen MR) is 125 cm³/mol. The molecule has 0 bridgehead atoms. The molecule has 32 heavy (non-hydrogen) atoms. The van der Waals surface area contributed by atoms with E-state index in [0.29, 0.717) is 30.4 Å². The Morgan fingerprint density at radius 2 is 1.84 bits per heavy atom. The minimum Gasteiger partial charge on any atom is -0.493 e. The second-order valence-corrected chi connectivity index (χ2v) is 10.2. The molecule has 178 valence electrons. The zero-order valence-electron chi connectivity index (χ0n) is 20.2. The Morgan fingerprint density at radius 1 is 1.12 bits per heavy atom. The average molecular weight is 445 g/mol. The third-order valence-corrected chi connectivity index (χ3v) is 7.66. The highest BCUT2D eigenvalue weighted by Gasteiger charge is 2.40. The Bertz CT molecular complexity index is 790. The summed E-state index contributed by atoms with van der Waals surface area (Å²) >= 11 is 0. The molecule has 2 fully saturated rings. The molecular weight excluding hydrogens is 404 g/mol. The van der Waals surface area contributed by atoms with Crippen LogP contribution < -0.4 is 14.8 Å². The van der Waals surface area contributed by atoms with Crippen LogP contribution in [0, 0.1) is 23.7 Å². The Kier molecular flexibility index (Phi) is 7.62. The van der Waals surface area contributed by atoms with Gasteiger partial charge in [-0.3, -0.25) is 9.69 Å². The minimum atomic E-state index is 0.00711. The summed E-state index contributed by atoms with van der Waals surface area (Å²) in [5, 5.41) is 3.33. The summed E-state index contributed by atoms with van der Waals surface area (Å²) < 4.78 is 17.1. The number of hydrogen-bond acceptors (Lipinski definition) is 6. The number of piperidine rings is 2. The first-order valence-corrected chi connectivity index (χ1v) is 12.4. The van der Waals surface area contributed by atoms with Crippen molar-refractivity contribution < 1.29 is 19.0 Å².